The van der Waals surface area contributed by atoms with Crippen molar-refractivity contribution in [2.75, 3.05) is 39.8 Å². The van der Waals surface area contributed by atoms with Crippen molar-refractivity contribution in [3.8, 4) is 0 Å². The molecule has 0 aromatic heterocycles. The smallest absolute Gasteiger partial charge is 0.254 e. The Labute approximate surface area is 130 Å². The first-order valence-corrected chi connectivity index (χ1v) is 7.58. The molecular formula is C16H21N3O3. The highest BCUT2D eigenvalue weighted by Crippen LogP contribution is 2.21. The molecule has 0 spiro atoms. The molecule has 0 radical (unpaired) electrons. The fraction of sp³-hybridized carbons (Fsp3) is 0.500. The van der Waals surface area contributed by atoms with E-state index in [0.717, 1.165) is 24.2 Å². The van der Waals surface area contributed by atoms with Gasteiger partial charge in [-0.2, -0.15) is 0 Å². The molecular weight excluding hydrogens is 282 g/mol. The summed E-state index contributed by atoms with van der Waals surface area (Å²) >= 11 is 0. The van der Waals surface area contributed by atoms with Crippen molar-refractivity contribution in [3.05, 3.63) is 34.9 Å². The van der Waals surface area contributed by atoms with Gasteiger partial charge in [-0.05, 0) is 23.3 Å². The van der Waals surface area contributed by atoms with E-state index in [1.54, 1.807) is 11.9 Å². The number of fused-ring (bicyclic) bond motifs is 1. The summed E-state index contributed by atoms with van der Waals surface area (Å²) in [5.74, 6) is -0.125. The zero-order chi connectivity index (χ0) is 15.5. The zero-order valence-corrected chi connectivity index (χ0v) is 12.8. The number of rotatable bonds is 3. The molecule has 2 heterocycles. The van der Waals surface area contributed by atoms with Crippen LogP contribution in [0.25, 0.3) is 0 Å². The van der Waals surface area contributed by atoms with Crippen molar-refractivity contribution in [1.29, 1.82) is 0 Å². The molecule has 2 aliphatic heterocycles. The van der Waals surface area contributed by atoms with Crippen LogP contribution in [-0.4, -0.2) is 61.4 Å². The number of carbonyl (C=O) groups is 2. The second-order valence-corrected chi connectivity index (χ2v) is 5.77. The Morgan fingerprint density at radius 1 is 1.23 bits per heavy atom. The van der Waals surface area contributed by atoms with Crippen molar-refractivity contribution < 1.29 is 14.3 Å². The number of nitrogens with one attached hydrogen (secondary N) is 1. The molecule has 6 heteroatoms. The zero-order valence-electron chi connectivity index (χ0n) is 12.8. The molecule has 118 valence electrons. The van der Waals surface area contributed by atoms with Crippen molar-refractivity contribution in [3.63, 3.8) is 0 Å². The average Bonchev–Trinajstić information content (AvgIpc) is 3.02. The fourth-order valence-electron chi connectivity index (χ4n) is 2.81. The standard InChI is InChI=1S/C16H21N3O3/c1-18(9-15(20)19-6-4-17-5-7-19)16(21)12-2-3-13-10-22-11-14(13)8-12/h2-3,8,17H,4-7,9-11H2,1H3. The van der Waals surface area contributed by atoms with E-state index in [4.69, 9.17) is 4.74 Å². The number of carbonyl (C=O) groups excluding carboxylic acids is 2. The molecule has 0 saturated carbocycles. The van der Waals surface area contributed by atoms with Crippen molar-refractivity contribution in [2.45, 2.75) is 13.2 Å². The largest absolute Gasteiger partial charge is 0.372 e. The second-order valence-electron chi connectivity index (χ2n) is 5.77. The van der Waals surface area contributed by atoms with Crippen LogP contribution in [0.4, 0.5) is 0 Å². The highest BCUT2D eigenvalue weighted by atomic mass is 16.5. The van der Waals surface area contributed by atoms with E-state index in [0.29, 0.717) is 31.9 Å². The SMILES string of the molecule is CN(CC(=O)N1CCNCC1)C(=O)c1ccc2c(c1)COC2. The Kier molecular flexibility index (Phi) is 4.40. The van der Waals surface area contributed by atoms with Crippen molar-refractivity contribution in [2.24, 2.45) is 0 Å². The summed E-state index contributed by atoms with van der Waals surface area (Å²) in [6, 6.07) is 5.61. The number of ether oxygens (including phenoxy) is 1. The lowest BCUT2D eigenvalue weighted by Crippen LogP contribution is -2.49. The molecule has 1 saturated heterocycles. The van der Waals surface area contributed by atoms with Crippen molar-refractivity contribution in [1.82, 2.24) is 15.1 Å². The third-order valence-corrected chi connectivity index (χ3v) is 4.16. The number of hydrogen-bond acceptors (Lipinski definition) is 4. The lowest BCUT2D eigenvalue weighted by Gasteiger charge is -2.29. The Morgan fingerprint density at radius 3 is 2.73 bits per heavy atom. The van der Waals surface area contributed by atoms with Gasteiger partial charge in [0.25, 0.3) is 5.91 Å². The Morgan fingerprint density at radius 2 is 1.95 bits per heavy atom. The number of hydrogen-bond donors (Lipinski definition) is 1. The van der Waals surface area contributed by atoms with E-state index in [1.165, 1.54) is 4.90 Å². The highest BCUT2D eigenvalue weighted by molar-refractivity contribution is 5.96. The lowest BCUT2D eigenvalue weighted by atomic mass is 10.1. The summed E-state index contributed by atoms with van der Waals surface area (Å²) in [4.78, 5) is 28.0. The molecule has 0 atom stereocenters. The molecule has 1 fully saturated rings. The number of nitrogens with zero attached hydrogens (tertiary/aromatic N) is 2. The fourth-order valence-corrected chi connectivity index (χ4v) is 2.81. The highest BCUT2D eigenvalue weighted by Gasteiger charge is 2.22. The minimum atomic E-state index is -0.127. The van der Waals surface area contributed by atoms with Gasteiger partial charge in [0.15, 0.2) is 0 Å². The minimum absolute atomic E-state index is 0.00171. The van der Waals surface area contributed by atoms with Gasteiger partial charge in [0.2, 0.25) is 5.91 Å². The van der Waals surface area contributed by atoms with Crippen LogP contribution in [-0.2, 0) is 22.7 Å². The molecule has 0 aliphatic carbocycles. The Hall–Kier alpha value is -1.92. The first-order valence-electron chi connectivity index (χ1n) is 7.58. The van der Waals surface area contributed by atoms with Gasteiger partial charge in [-0.15, -0.1) is 0 Å². The molecule has 1 aromatic carbocycles. The van der Waals surface area contributed by atoms with Crippen LogP contribution in [0, 0.1) is 0 Å². The van der Waals surface area contributed by atoms with E-state index < -0.39 is 0 Å². The van der Waals surface area contributed by atoms with Gasteiger partial charge in [-0.25, -0.2) is 0 Å². The van der Waals surface area contributed by atoms with E-state index in [9.17, 15) is 9.59 Å². The van der Waals surface area contributed by atoms with E-state index in [1.807, 2.05) is 18.2 Å². The number of benzene rings is 1. The van der Waals surface area contributed by atoms with Gasteiger partial charge in [0, 0.05) is 38.8 Å². The molecule has 1 N–H and O–H groups in total. The lowest BCUT2D eigenvalue weighted by molar-refractivity contribution is -0.132. The van der Waals surface area contributed by atoms with E-state index in [2.05, 4.69) is 5.32 Å². The topological polar surface area (TPSA) is 61.9 Å². The maximum absolute atomic E-state index is 12.5. The quantitative estimate of drug-likeness (QED) is 0.868. The summed E-state index contributed by atoms with van der Waals surface area (Å²) in [6.07, 6.45) is 0. The van der Waals surface area contributed by atoms with Gasteiger partial charge < -0.3 is 19.9 Å². The second kappa shape index (κ2) is 6.46. The predicted molar refractivity (Wildman–Crippen MR) is 81.3 cm³/mol. The first-order chi connectivity index (χ1) is 10.6. The maximum atomic E-state index is 12.5. The predicted octanol–water partition coefficient (Wildman–Crippen LogP) is 0.221. The van der Waals surface area contributed by atoms with Gasteiger partial charge in [-0.1, -0.05) is 6.07 Å². The monoisotopic (exact) mass is 303 g/mol. The van der Waals surface area contributed by atoms with Gasteiger partial charge in [-0.3, -0.25) is 9.59 Å². The summed E-state index contributed by atoms with van der Waals surface area (Å²) in [5, 5.41) is 3.21. The van der Waals surface area contributed by atoms with Gasteiger partial charge in [0.05, 0.1) is 19.8 Å². The molecule has 2 amide bonds. The van der Waals surface area contributed by atoms with Gasteiger partial charge in [0.1, 0.15) is 0 Å². The number of amides is 2. The molecule has 22 heavy (non-hydrogen) atoms. The van der Waals surface area contributed by atoms with Crippen LogP contribution in [0.2, 0.25) is 0 Å². The first kappa shape index (κ1) is 15.0. The molecule has 3 rings (SSSR count). The summed E-state index contributed by atoms with van der Waals surface area (Å²) in [6.45, 7) is 4.32. The number of likely N-dealkylation sites (N-methyl/N-ethyl adjacent to an activating group) is 1. The van der Waals surface area contributed by atoms with Crippen LogP contribution in [0.15, 0.2) is 18.2 Å². The summed E-state index contributed by atoms with van der Waals surface area (Å²) in [7, 11) is 1.67. The summed E-state index contributed by atoms with van der Waals surface area (Å²) in [5.41, 5.74) is 2.81. The Balaban J connectivity index is 1.62. The molecule has 1 aromatic rings. The normalized spacial score (nSPS) is 17.2. The molecule has 0 unspecified atom stereocenters. The van der Waals surface area contributed by atoms with E-state index >= 15 is 0 Å². The van der Waals surface area contributed by atoms with Crippen LogP contribution < -0.4 is 5.32 Å². The summed E-state index contributed by atoms with van der Waals surface area (Å²) < 4.78 is 5.36. The molecule has 6 nitrogen and oxygen atoms in total. The van der Waals surface area contributed by atoms with Crippen molar-refractivity contribution >= 4 is 11.8 Å². The van der Waals surface area contributed by atoms with Crippen LogP contribution >= 0.6 is 0 Å². The van der Waals surface area contributed by atoms with Crippen LogP contribution in [0.3, 0.4) is 0 Å². The number of piperazine rings is 1. The maximum Gasteiger partial charge on any atom is 0.254 e. The third kappa shape index (κ3) is 3.13. The van der Waals surface area contributed by atoms with Crippen LogP contribution in [0.1, 0.15) is 21.5 Å². The Bertz CT molecular complexity index is 582. The minimum Gasteiger partial charge on any atom is -0.372 e. The average molecular weight is 303 g/mol. The molecule has 0 bridgehead atoms. The van der Waals surface area contributed by atoms with Gasteiger partial charge >= 0.3 is 0 Å². The van der Waals surface area contributed by atoms with E-state index in [-0.39, 0.29) is 18.4 Å². The third-order valence-electron chi connectivity index (χ3n) is 4.16. The molecule has 2 aliphatic rings. The van der Waals surface area contributed by atoms with Crippen LogP contribution in [0.5, 0.6) is 0 Å².